The normalized spacial score (nSPS) is 12.1. The van der Waals surface area contributed by atoms with Crippen LogP contribution in [0.25, 0.3) is 0 Å². The van der Waals surface area contributed by atoms with Gasteiger partial charge in [0.25, 0.3) is 0 Å². The van der Waals surface area contributed by atoms with Crippen molar-refractivity contribution in [3.8, 4) is 42.4 Å². The Bertz CT molecular complexity index is 787. The summed E-state index contributed by atoms with van der Waals surface area (Å²) in [6.07, 6.45) is 1.05. The molecule has 0 fully saturated rings. The second kappa shape index (κ2) is 20.2. The fraction of sp³-hybridized carbons (Fsp3) is 0.500. The van der Waals surface area contributed by atoms with Crippen molar-refractivity contribution < 1.29 is 85.9 Å². The molecule has 152 valence electrons. The van der Waals surface area contributed by atoms with E-state index in [1.165, 1.54) is 0 Å². The summed E-state index contributed by atoms with van der Waals surface area (Å²) in [5, 5.41) is 10.8. The Labute approximate surface area is 214 Å². The van der Waals surface area contributed by atoms with E-state index in [0.29, 0.717) is 77.1 Å². The van der Waals surface area contributed by atoms with Gasteiger partial charge in [-0.3, -0.25) is 0 Å². The van der Waals surface area contributed by atoms with Crippen molar-refractivity contribution in [1.29, 1.82) is 0 Å². The summed E-state index contributed by atoms with van der Waals surface area (Å²) in [6.45, 7) is 3.99. The monoisotopic (exact) mass is 808 g/mol. The first-order chi connectivity index (χ1) is 14.5. The van der Waals surface area contributed by atoms with E-state index < -0.39 is 17.2 Å². The second-order valence-corrected chi connectivity index (χ2v) is 9.24. The van der Waals surface area contributed by atoms with Crippen LogP contribution in [-0.4, -0.2) is 35.7 Å². The van der Waals surface area contributed by atoms with Gasteiger partial charge in [-0.25, -0.2) is 5.26 Å². The average molecular weight is 806 g/mol. The standard InChI is InChI=1S/C20H20O7S.2Hg/c1-5-9-11-16(7-3)14-24-19(21)13-18(28-27-26-23)20(22)25-15-17(8-4)12-10-6-2;;/h16-18,23H,7-8,13-15H2,3-4H3;;. The predicted octanol–water partition coefficient (Wildman–Crippen LogP) is 1.98. The van der Waals surface area contributed by atoms with Crippen LogP contribution in [0.5, 0.6) is 0 Å². The minimum atomic E-state index is -1.08. The van der Waals surface area contributed by atoms with Crippen LogP contribution in [0.4, 0.5) is 0 Å². The van der Waals surface area contributed by atoms with Crippen molar-refractivity contribution in [2.45, 2.75) is 38.4 Å². The first kappa shape index (κ1) is 29.3. The van der Waals surface area contributed by atoms with Gasteiger partial charge in [0.1, 0.15) is 0 Å². The number of esters is 2. The average Bonchev–Trinajstić information content (AvgIpc) is 2.75. The summed E-state index contributed by atoms with van der Waals surface area (Å²) in [5.41, 5.74) is 0. The molecule has 0 amide bonds. The molecule has 0 aliphatic carbocycles. The van der Waals surface area contributed by atoms with Gasteiger partial charge >= 0.3 is 210 Å². The van der Waals surface area contributed by atoms with Gasteiger partial charge < -0.3 is 0 Å². The Balaban J connectivity index is 4.80. The van der Waals surface area contributed by atoms with Crippen LogP contribution in [0.1, 0.15) is 33.1 Å². The number of rotatable bonds is 12. The molecule has 1 N–H and O–H groups in total. The molecular weight excluding hydrogens is 785 g/mol. The van der Waals surface area contributed by atoms with Crippen molar-refractivity contribution >= 4 is 24.0 Å². The summed E-state index contributed by atoms with van der Waals surface area (Å²) >= 11 is 1.20. The van der Waals surface area contributed by atoms with Gasteiger partial charge in [-0.15, -0.1) is 0 Å². The molecule has 0 aliphatic rings. The maximum absolute atomic E-state index is 12.3. The van der Waals surface area contributed by atoms with Gasteiger partial charge in [-0.2, -0.15) is 0 Å². The van der Waals surface area contributed by atoms with Gasteiger partial charge in [0.15, 0.2) is 0 Å². The second-order valence-electron chi connectivity index (χ2n) is 5.60. The van der Waals surface area contributed by atoms with Crippen LogP contribution in [0.15, 0.2) is 0 Å². The number of carbonyl (C=O) groups excluding carboxylic acids is 2. The van der Waals surface area contributed by atoms with Gasteiger partial charge in [0, 0.05) is 0 Å². The number of hydrogen-bond donors (Lipinski definition) is 1. The Kier molecular flexibility index (Phi) is 19.7. The van der Waals surface area contributed by atoms with E-state index in [2.05, 4.69) is 51.8 Å². The zero-order chi connectivity index (χ0) is 22.6. The molecule has 0 aliphatic heterocycles. The van der Waals surface area contributed by atoms with Gasteiger partial charge in [-0.05, 0) is 0 Å². The summed E-state index contributed by atoms with van der Waals surface area (Å²) in [5.74, 6) is 15.1. The van der Waals surface area contributed by atoms with E-state index in [1.54, 1.807) is 0 Å². The summed E-state index contributed by atoms with van der Waals surface area (Å²) in [6, 6.07) is 0. The van der Waals surface area contributed by atoms with E-state index >= 15 is 0 Å². The summed E-state index contributed by atoms with van der Waals surface area (Å²) < 4.78 is 20.5. The fourth-order valence-electron chi connectivity index (χ4n) is 1.79. The first-order valence-electron chi connectivity index (χ1n) is 9.03. The Morgan fingerprint density at radius 3 is 1.93 bits per heavy atom. The first-order valence-corrected chi connectivity index (χ1v) is 15.3. The van der Waals surface area contributed by atoms with Crippen molar-refractivity contribution in [2.24, 2.45) is 11.8 Å². The van der Waals surface area contributed by atoms with Crippen molar-refractivity contribution in [3.05, 3.63) is 0 Å². The van der Waals surface area contributed by atoms with E-state index in [1.807, 2.05) is 13.8 Å². The molecule has 0 radical (unpaired) electrons. The quantitative estimate of drug-likeness (QED) is 0.0801. The van der Waals surface area contributed by atoms with Crippen molar-refractivity contribution in [2.75, 3.05) is 13.2 Å². The van der Waals surface area contributed by atoms with E-state index in [4.69, 9.17) is 14.7 Å². The van der Waals surface area contributed by atoms with E-state index in [-0.39, 0.29) is 31.5 Å². The molecule has 0 heterocycles. The Morgan fingerprint density at radius 1 is 0.933 bits per heavy atom. The molecule has 0 saturated heterocycles. The molecule has 0 aromatic heterocycles. The number of ether oxygens (including phenoxy) is 2. The SMILES string of the molecule is CCC(C#CC#[C][Hg])COC(=O)CC(SOOO)C(=O)OCC(C#CC#[C][Hg])CC. The maximum atomic E-state index is 12.3. The zero-order valence-corrected chi connectivity index (χ0v) is 28.8. The molecule has 7 nitrogen and oxygen atoms in total. The van der Waals surface area contributed by atoms with Gasteiger partial charge in [0.05, 0.1) is 0 Å². The van der Waals surface area contributed by atoms with Crippen LogP contribution in [0.2, 0.25) is 0 Å². The molecule has 10 heteroatoms. The molecule has 0 aromatic rings. The van der Waals surface area contributed by atoms with E-state index in [0.717, 1.165) is 0 Å². The van der Waals surface area contributed by atoms with Crippen molar-refractivity contribution in [1.82, 2.24) is 0 Å². The molecule has 3 atom stereocenters. The fourth-order valence-corrected chi connectivity index (χ4v) is 2.96. The van der Waals surface area contributed by atoms with Crippen LogP contribution in [-0.2, 0) is 80.7 Å². The van der Waals surface area contributed by atoms with Crippen LogP contribution >= 0.6 is 12.0 Å². The van der Waals surface area contributed by atoms with Gasteiger partial charge in [-0.1, -0.05) is 0 Å². The third-order valence-electron chi connectivity index (χ3n) is 3.51. The summed E-state index contributed by atoms with van der Waals surface area (Å²) in [7, 11) is 0. The predicted molar refractivity (Wildman–Crippen MR) is 101 cm³/mol. The molecule has 0 bridgehead atoms. The number of carbonyl (C=O) groups is 2. The zero-order valence-electron chi connectivity index (χ0n) is 17.0. The Hall–Kier alpha value is -0.720. The number of hydrogen-bond acceptors (Lipinski definition) is 8. The topological polar surface area (TPSA) is 91.3 Å². The molecule has 3 unspecified atom stereocenters. The van der Waals surface area contributed by atoms with E-state index in [9.17, 15) is 9.59 Å². The molecular formula is C20H20Hg2O7S. The molecule has 0 rings (SSSR count). The minimum absolute atomic E-state index is 0.0534. The summed E-state index contributed by atoms with van der Waals surface area (Å²) in [4.78, 5) is 24.5. The molecule has 0 saturated carbocycles. The van der Waals surface area contributed by atoms with Gasteiger partial charge in [0.2, 0.25) is 0 Å². The Morgan fingerprint density at radius 2 is 1.47 bits per heavy atom. The molecule has 30 heavy (non-hydrogen) atoms. The van der Waals surface area contributed by atoms with Crippen molar-refractivity contribution in [3.63, 3.8) is 0 Å². The van der Waals surface area contributed by atoms with Crippen LogP contribution in [0.3, 0.4) is 0 Å². The third kappa shape index (κ3) is 15.1. The van der Waals surface area contributed by atoms with Crippen LogP contribution < -0.4 is 0 Å². The molecule has 0 spiro atoms. The molecule has 0 aromatic carbocycles. The third-order valence-corrected chi connectivity index (χ3v) is 5.62. The van der Waals surface area contributed by atoms with Crippen LogP contribution in [0, 0.1) is 54.2 Å².